The molecule has 0 aliphatic rings. The molecule has 0 spiro atoms. The fourth-order valence-electron chi connectivity index (χ4n) is 2.61. The molecule has 0 aromatic heterocycles. The molecule has 0 aliphatic carbocycles. The molecular formula is C20H25N3O3. The number of methoxy groups -OCH3 is 1. The summed E-state index contributed by atoms with van der Waals surface area (Å²) in [5, 5.41) is 5.72. The monoisotopic (exact) mass is 355 g/mol. The Hall–Kier alpha value is -2.86. The van der Waals surface area contributed by atoms with Crippen molar-refractivity contribution in [2.24, 2.45) is 0 Å². The van der Waals surface area contributed by atoms with Crippen molar-refractivity contribution in [3.05, 3.63) is 53.6 Å². The second kappa shape index (κ2) is 9.01. The minimum atomic E-state index is -0.183. The molecule has 2 aromatic rings. The Morgan fingerprint density at radius 2 is 1.46 bits per heavy atom. The first-order valence-electron chi connectivity index (χ1n) is 8.37. The summed E-state index contributed by atoms with van der Waals surface area (Å²) >= 11 is 0. The van der Waals surface area contributed by atoms with Gasteiger partial charge in [-0.3, -0.25) is 14.5 Å². The fraction of sp³-hybridized carbons (Fsp3) is 0.300. The van der Waals surface area contributed by atoms with Gasteiger partial charge in [-0.25, -0.2) is 0 Å². The average Bonchev–Trinajstić information content (AvgIpc) is 2.58. The first-order chi connectivity index (χ1) is 12.4. The highest BCUT2D eigenvalue weighted by molar-refractivity contribution is 5.95. The third kappa shape index (κ3) is 5.60. The molecule has 2 amide bonds. The summed E-state index contributed by atoms with van der Waals surface area (Å²) in [5.74, 6) is 0.392. The average molecular weight is 355 g/mol. The molecule has 6 nitrogen and oxygen atoms in total. The van der Waals surface area contributed by atoms with Gasteiger partial charge in [-0.2, -0.15) is 0 Å². The van der Waals surface area contributed by atoms with Crippen molar-refractivity contribution in [3.63, 3.8) is 0 Å². The van der Waals surface area contributed by atoms with Crippen molar-refractivity contribution in [1.82, 2.24) is 4.90 Å². The van der Waals surface area contributed by atoms with Crippen LogP contribution in [-0.2, 0) is 9.59 Å². The Bertz CT molecular complexity index is 752. The zero-order valence-electron chi connectivity index (χ0n) is 15.6. The second-order valence-electron chi connectivity index (χ2n) is 6.26. The van der Waals surface area contributed by atoms with Crippen LogP contribution >= 0.6 is 0 Å². The standard InChI is InChI=1S/C20H25N3O3/c1-14-6-5-7-15(2)20(14)22-19(25)13-23(3)12-18(24)21-16-8-10-17(26-4)11-9-16/h5-11H,12-13H2,1-4H3,(H,21,24)(H,22,25). The molecule has 0 radical (unpaired) electrons. The van der Waals surface area contributed by atoms with Crippen LogP contribution in [0.15, 0.2) is 42.5 Å². The van der Waals surface area contributed by atoms with Crippen LogP contribution in [0.2, 0.25) is 0 Å². The summed E-state index contributed by atoms with van der Waals surface area (Å²) < 4.78 is 5.08. The molecule has 0 atom stereocenters. The van der Waals surface area contributed by atoms with Gasteiger partial charge >= 0.3 is 0 Å². The number of hydrogen-bond donors (Lipinski definition) is 2. The smallest absolute Gasteiger partial charge is 0.238 e. The maximum absolute atomic E-state index is 12.2. The number of ether oxygens (including phenoxy) is 1. The van der Waals surface area contributed by atoms with Crippen molar-refractivity contribution < 1.29 is 14.3 Å². The third-order valence-corrected chi connectivity index (χ3v) is 3.95. The van der Waals surface area contributed by atoms with Crippen molar-refractivity contribution in [1.29, 1.82) is 0 Å². The van der Waals surface area contributed by atoms with Crippen molar-refractivity contribution in [2.75, 3.05) is 37.9 Å². The quantitative estimate of drug-likeness (QED) is 0.801. The summed E-state index contributed by atoms with van der Waals surface area (Å²) in [4.78, 5) is 26.0. The predicted octanol–water partition coefficient (Wildman–Crippen LogP) is 2.82. The molecule has 0 aliphatic heterocycles. The number of carbonyl (C=O) groups is 2. The van der Waals surface area contributed by atoms with E-state index in [9.17, 15) is 9.59 Å². The summed E-state index contributed by atoms with van der Waals surface area (Å²) in [5.41, 5.74) is 3.54. The first kappa shape index (κ1) is 19.5. The number of benzene rings is 2. The van der Waals surface area contributed by atoms with E-state index in [1.165, 1.54) is 0 Å². The molecule has 2 rings (SSSR count). The van der Waals surface area contributed by atoms with Crippen molar-refractivity contribution in [3.8, 4) is 5.75 Å². The number of rotatable bonds is 7. The number of para-hydroxylation sites is 1. The zero-order chi connectivity index (χ0) is 19.1. The van der Waals surface area contributed by atoms with E-state index in [2.05, 4.69) is 10.6 Å². The van der Waals surface area contributed by atoms with Crippen LogP contribution in [0.25, 0.3) is 0 Å². The number of nitrogens with one attached hydrogen (secondary N) is 2. The molecule has 6 heteroatoms. The number of aryl methyl sites for hydroxylation is 2. The lowest BCUT2D eigenvalue weighted by Gasteiger charge is -2.17. The van der Waals surface area contributed by atoms with Crippen LogP contribution < -0.4 is 15.4 Å². The van der Waals surface area contributed by atoms with Crippen LogP contribution in [0.1, 0.15) is 11.1 Å². The summed E-state index contributed by atoms with van der Waals surface area (Å²) in [6.45, 7) is 4.15. The maximum Gasteiger partial charge on any atom is 0.238 e. The van der Waals surface area contributed by atoms with Gasteiger partial charge in [-0.05, 0) is 56.3 Å². The van der Waals surface area contributed by atoms with Crippen molar-refractivity contribution >= 4 is 23.2 Å². The highest BCUT2D eigenvalue weighted by atomic mass is 16.5. The molecule has 0 bridgehead atoms. The lowest BCUT2D eigenvalue weighted by molar-refractivity contribution is -0.119. The van der Waals surface area contributed by atoms with Crippen LogP contribution in [0.3, 0.4) is 0 Å². The van der Waals surface area contributed by atoms with Gasteiger partial charge in [0.25, 0.3) is 0 Å². The zero-order valence-corrected chi connectivity index (χ0v) is 15.6. The lowest BCUT2D eigenvalue weighted by Crippen LogP contribution is -2.36. The van der Waals surface area contributed by atoms with Gasteiger partial charge < -0.3 is 15.4 Å². The number of amides is 2. The Morgan fingerprint density at radius 3 is 2.00 bits per heavy atom. The van der Waals surface area contributed by atoms with E-state index < -0.39 is 0 Å². The van der Waals surface area contributed by atoms with Gasteiger partial charge in [0.1, 0.15) is 5.75 Å². The van der Waals surface area contributed by atoms with E-state index in [1.54, 1.807) is 43.3 Å². The molecule has 0 unspecified atom stereocenters. The minimum absolute atomic E-state index is 0.117. The van der Waals surface area contributed by atoms with E-state index >= 15 is 0 Å². The molecule has 2 N–H and O–H groups in total. The Kier molecular flexibility index (Phi) is 6.74. The molecule has 0 heterocycles. The van der Waals surface area contributed by atoms with E-state index in [4.69, 9.17) is 4.74 Å². The Labute approximate surface area is 154 Å². The number of hydrogen-bond acceptors (Lipinski definition) is 4. The third-order valence-electron chi connectivity index (χ3n) is 3.95. The number of nitrogens with zero attached hydrogens (tertiary/aromatic N) is 1. The van der Waals surface area contributed by atoms with Gasteiger partial charge in [0, 0.05) is 11.4 Å². The van der Waals surface area contributed by atoms with E-state index in [1.807, 2.05) is 32.0 Å². The van der Waals surface area contributed by atoms with Gasteiger partial charge in [0.2, 0.25) is 11.8 Å². The highest BCUT2D eigenvalue weighted by Gasteiger charge is 2.13. The molecule has 0 saturated heterocycles. The molecule has 0 saturated carbocycles. The van der Waals surface area contributed by atoms with Crippen LogP contribution in [-0.4, -0.2) is 44.0 Å². The van der Waals surface area contributed by atoms with Crippen LogP contribution in [0, 0.1) is 13.8 Å². The molecule has 2 aromatic carbocycles. The fourth-order valence-corrected chi connectivity index (χ4v) is 2.61. The molecule has 0 fully saturated rings. The van der Waals surface area contributed by atoms with Crippen LogP contribution in [0.5, 0.6) is 5.75 Å². The number of anilines is 2. The molecule has 26 heavy (non-hydrogen) atoms. The topological polar surface area (TPSA) is 70.7 Å². The van der Waals surface area contributed by atoms with Crippen LogP contribution in [0.4, 0.5) is 11.4 Å². The Balaban J connectivity index is 1.84. The molecule has 138 valence electrons. The largest absolute Gasteiger partial charge is 0.497 e. The molecular weight excluding hydrogens is 330 g/mol. The summed E-state index contributed by atoms with van der Waals surface area (Å²) in [6.07, 6.45) is 0. The summed E-state index contributed by atoms with van der Waals surface area (Å²) in [6, 6.07) is 12.9. The van der Waals surface area contributed by atoms with Gasteiger partial charge in [-0.1, -0.05) is 18.2 Å². The summed E-state index contributed by atoms with van der Waals surface area (Å²) in [7, 11) is 3.32. The Morgan fingerprint density at radius 1 is 0.923 bits per heavy atom. The normalized spacial score (nSPS) is 10.5. The van der Waals surface area contributed by atoms with E-state index in [-0.39, 0.29) is 24.9 Å². The van der Waals surface area contributed by atoms with Gasteiger partial charge in [0.15, 0.2) is 0 Å². The van der Waals surface area contributed by atoms with Gasteiger partial charge in [-0.15, -0.1) is 0 Å². The predicted molar refractivity (Wildman–Crippen MR) is 104 cm³/mol. The second-order valence-corrected chi connectivity index (χ2v) is 6.26. The van der Waals surface area contributed by atoms with Gasteiger partial charge in [0.05, 0.1) is 20.2 Å². The maximum atomic E-state index is 12.2. The van der Waals surface area contributed by atoms with E-state index in [0.717, 1.165) is 22.6 Å². The number of carbonyl (C=O) groups excluding carboxylic acids is 2. The number of likely N-dealkylation sites (N-methyl/N-ethyl adjacent to an activating group) is 1. The van der Waals surface area contributed by atoms with Crippen molar-refractivity contribution in [2.45, 2.75) is 13.8 Å². The SMILES string of the molecule is COc1ccc(NC(=O)CN(C)CC(=O)Nc2c(C)cccc2C)cc1. The lowest BCUT2D eigenvalue weighted by atomic mass is 10.1. The first-order valence-corrected chi connectivity index (χ1v) is 8.37. The highest BCUT2D eigenvalue weighted by Crippen LogP contribution is 2.19. The van der Waals surface area contributed by atoms with E-state index in [0.29, 0.717) is 5.69 Å². The minimum Gasteiger partial charge on any atom is -0.497 e.